The molecule has 1 rings (SSSR count). The fourth-order valence-corrected chi connectivity index (χ4v) is 2.05. The fourth-order valence-electron chi connectivity index (χ4n) is 1.14. The van der Waals surface area contributed by atoms with Crippen molar-refractivity contribution < 1.29 is 9.53 Å². The highest BCUT2D eigenvalue weighted by Gasteiger charge is 2.22. The number of nitrogens with one attached hydrogen (secondary N) is 1. The van der Waals surface area contributed by atoms with Crippen LogP contribution in [-0.2, 0) is 4.74 Å². The first-order chi connectivity index (χ1) is 7.33. The molecule has 1 N–H and O–H groups in total. The van der Waals surface area contributed by atoms with Crippen molar-refractivity contribution >= 4 is 22.4 Å². The van der Waals surface area contributed by atoms with E-state index >= 15 is 0 Å². The molecule has 0 aromatic carbocycles. The number of carbonyl (C=O) groups excluding carboxylic acids is 1. The molecule has 0 aliphatic carbocycles. The van der Waals surface area contributed by atoms with Crippen LogP contribution in [0, 0.1) is 6.92 Å². The molecule has 90 valence electrons. The van der Waals surface area contributed by atoms with Crippen LogP contribution in [0.2, 0.25) is 0 Å². The molecule has 0 aliphatic rings. The van der Waals surface area contributed by atoms with E-state index in [0.717, 1.165) is 17.4 Å². The number of hydrogen-bond donors (Lipinski definition) is 1. The summed E-state index contributed by atoms with van der Waals surface area (Å²) in [6.07, 6.45) is 0. The van der Waals surface area contributed by atoms with Crippen molar-refractivity contribution in [2.75, 3.05) is 11.9 Å². The van der Waals surface area contributed by atoms with Gasteiger partial charge < -0.3 is 10.1 Å². The van der Waals surface area contributed by atoms with Gasteiger partial charge in [-0.2, -0.15) is 0 Å². The Balaban J connectivity index is 2.83. The van der Waals surface area contributed by atoms with Gasteiger partial charge in [-0.05, 0) is 34.6 Å². The number of carbonyl (C=O) groups is 1. The highest BCUT2D eigenvalue weighted by atomic mass is 32.1. The summed E-state index contributed by atoms with van der Waals surface area (Å²) < 4.78 is 5.30. The average Bonchev–Trinajstić information content (AvgIpc) is 2.44. The zero-order chi connectivity index (χ0) is 12.3. The maximum absolute atomic E-state index is 11.8. The molecule has 0 radical (unpaired) electrons. The summed E-state index contributed by atoms with van der Waals surface area (Å²) in [7, 11) is 0. The smallest absolute Gasteiger partial charge is 0.350 e. The summed E-state index contributed by atoms with van der Waals surface area (Å²) in [6.45, 7) is 10.2. The van der Waals surface area contributed by atoms with Crippen LogP contribution in [0.3, 0.4) is 0 Å². The minimum Gasteiger partial charge on any atom is -0.456 e. The lowest BCUT2D eigenvalue weighted by atomic mass is 10.2. The maximum atomic E-state index is 11.8. The van der Waals surface area contributed by atoms with E-state index in [2.05, 4.69) is 10.3 Å². The standard InChI is InChI=1S/C11H18N2O2S/c1-6-12-10-13-7(2)8(16-10)9(14)15-11(3,4)5/h6H2,1-5H3,(H,12,13). The van der Waals surface area contributed by atoms with Crippen molar-refractivity contribution in [2.24, 2.45) is 0 Å². The van der Waals surface area contributed by atoms with Crippen molar-refractivity contribution in [3.63, 3.8) is 0 Å². The van der Waals surface area contributed by atoms with Crippen molar-refractivity contribution in [3.8, 4) is 0 Å². The van der Waals surface area contributed by atoms with E-state index in [1.54, 1.807) is 0 Å². The summed E-state index contributed by atoms with van der Waals surface area (Å²) >= 11 is 1.34. The van der Waals surface area contributed by atoms with Gasteiger partial charge in [0.2, 0.25) is 0 Å². The van der Waals surface area contributed by atoms with E-state index in [1.165, 1.54) is 11.3 Å². The zero-order valence-corrected chi connectivity index (χ0v) is 11.2. The molecule has 0 saturated carbocycles. The number of esters is 1. The van der Waals surface area contributed by atoms with Gasteiger partial charge >= 0.3 is 5.97 Å². The number of thiazole rings is 1. The summed E-state index contributed by atoms with van der Waals surface area (Å²) in [5, 5.41) is 3.85. The molecule has 0 unspecified atom stereocenters. The van der Waals surface area contributed by atoms with Crippen LogP contribution in [0.4, 0.5) is 5.13 Å². The fraction of sp³-hybridized carbons (Fsp3) is 0.636. The quantitative estimate of drug-likeness (QED) is 0.828. The lowest BCUT2D eigenvalue weighted by molar-refractivity contribution is 0.00742. The van der Waals surface area contributed by atoms with Gasteiger partial charge in [-0.25, -0.2) is 9.78 Å². The van der Waals surface area contributed by atoms with Gasteiger partial charge in [-0.15, -0.1) is 0 Å². The lowest BCUT2D eigenvalue weighted by Gasteiger charge is -2.18. The number of nitrogens with zero attached hydrogens (tertiary/aromatic N) is 1. The molecule has 0 aliphatic heterocycles. The second-order valence-electron chi connectivity index (χ2n) is 4.47. The molecule has 16 heavy (non-hydrogen) atoms. The Morgan fingerprint density at radius 1 is 1.50 bits per heavy atom. The predicted octanol–water partition coefficient (Wildman–Crippen LogP) is 2.84. The van der Waals surface area contributed by atoms with Crippen LogP contribution in [0.5, 0.6) is 0 Å². The average molecular weight is 242 g/mol. The van der Waals surface area contributed by atoms with Gasteiger partial charge in [0.1, 0.15) is 10.5 Å². The minimum absolute atomic E-state index is 0.299. The molecular weight excluding hydrogens is 224 g/mol. The molecular formula is C11H18N2O2S. The minimum atomic E-state index is -0.466. The molecule has 0 spiro atoms. The summed E-state index contributed by atoms with van der Waals surface area (Å²) in [6, 6.07) is 0. The van der Waals surface area contributed by atoms with Crippen LogP contribution in [0.25, 0.3) is 0 Å². The zero-order valence-electron chi connectivity index (χ0n) is 10.4. The maximum Gasteiger partial charge on any atom is 0.350 e. The van der Waals surface area contributed by atoms with Crippen molar-refractivity contribution in [1.82, 2.24) is 4.98 Å². The molecule has 0 amide bonds. The summed E-state index contributed by atoms with van der Waals surface area (Å²) in [5.41, 5.74) is 0.251. The van der Waals surface area contributed by atoms with Gasteiger partial charge in [-0.1, -0.05) is 11.3 Å². The van der Waals surface area contributed by atoms with Gasteiger partial charge in [0.25, 0.3) is 0 Å². The SMILES string of the molecule is CCNc1nc(C)c(C(=O)OC(C)(C)C)s1. The van der Waals surface area contributed by atoms with E-state index in [1.807, 2.05) is 34.6 Å². The lowest BCUT2D eigenvalue weighted by Crippen LogP contribution is -2.23. The molecule has 0 saturated heterocycles. The van der Waals surface area contributed by atoms with Crippen molar-refractivity contribution in [3.05, 3.63) is 10.6 Å². The Bertz CT molecular complexity index is 380. The van der Waals surface area contributed by atoms with Gasteiger partial charge in [0, 0.05) is 6.54 Å². The number of ether oxygens (including phenoxy) is 1. The first-order valence-corrected chi connectivity index (χ1v) is 6.09. The van der Waals surface area contributed by atoms with Crippen LogP contribution in [-0.4, -0.2) is 23.1 Å². The third kappa shape index (κ3) is 3.48. The van der Waals surface area contributed by atoms with Gasteiger partial charge in [-0.3, -0.25) is 0 Å². The second kappa shape index (κ2) is 4.82. The summed E-state index contributed by atoms with van der Waals surface area (Å²) in [5.74, 6) is -0.299. The normalized spacial score (nSPS) is 11.3. The number of hydrogen-bond acceptors (Lipinski definition) is 5. The van der Waals surface area contributed by atoms with Gasteiger partial charge in [0.15, 0.2) is 5.13 Å². The van der Waals surface area contributed by atoms with E-state index in [4.69, 9.17) is 4.74 Å². The molecule has 1 heterocycles. The highest BCUT2D eigenvalue weighted by molar-refractivity contribution is 7.17. The molecule has 4 nitrogen and oxygen atoms in total. The van der Waals surface area contributed by atoms with E-state index in [9.17, 15) is 4.79 Å². The molecule has 0 fully saturated rings. The number of aryl methyl sites for hydroxylation is 1. The van der Waals surface area contributed by atoms with Crippen LogP contribution in [0.1, 0.15) is 43.1 Å². The molecule has 1 aromatic rings. The van der Waals surface area contributed by atoms with Crippen LogP contribution < -0.4 is 5.32 Å². The van der Waals surface area contributed by atoms with Gasteiger partial charge in [0.05, 0.1) is 5.69 Å². The Morgan fingerprint density at radius 2 is 2.12 bits per heavy atom. The Labute approximate surface area is 100 Å². The third-order valence-electron chi connectivity index (χ3n) is 1.71. The van der Waals surface area contributed by atoms with Crippen molar-refractivity contribution in [2.45, 2.75) is 40.2 Å². The van der Waals surface area contributed by atoms with Crippen LogP contribution in [0.15, 0.2) is 0 Å². The predicted molar refractivity (Wildman–Crippen MR) is 66.2 cm³/mol. The highest BCUT2D eigenvalue weighted by Crippen LogP contribution is 2.24. The number of aromatic nitrogens is 1. The largest absolute Gasteiger partial charge is 0.456 e. The number of rotatable bonds is 3. The van der Waals surface area contributed by atoms with Crippen molar-refractivity contribution in [1.29, 1.82) is 0 Å². The van der Waals surface area contributed by atoms with E-state index < -0.39 is 5.60 Å². The summed E-state index contributed by atoms with van der Waals surface area (Å²) in [4.78, 5) is 16.7. The monoisotopic (exact) mass is 242 g/mol. The number of anilines is 1. The first kappa shape index (κ1) is 13.0. The second-order valence-corrected chi connectivity index (χ2v) is 5.46. The third-order valence-corrected chi connectivity index (χ3v) is 2.80. The first-order valence-electron chi connectivity index (χ1n) is 5.28. The van der Waals surface area contributed by atoms with E-state index in [0.29, 0.717) is 4.88 Å². The molecule has 5 heteroatoms. The molecule has 0 bridgehead atoms. The Morgan fingerprint density at radius 3 is 2.62 bits per heavy atom. The molecule has 0 atom stereocenters. The van der Waals surface area contributed by atoms with Crippen LogP contribution >= 0.6 is 11.3 Å². The Hall–Kier alpha value is -1.10. The Kier molecular flexibility index (Phi) is 3.91. The topological polar surface area (TPSA) is 51.2 Å². The molecule has 1 aromatic heterocycles. The van der Waals surface area contributed by atoms with E-state index in [-0.39, 0.29) is 5.97 Å².